The average Bonchev–Trinajstić information content (AvgIpc) is 2.86. The predicted molar refractivity (Wildman–Crippen MR) is 81.4 cm³/mol. The summed E-state index contributed by atoms with van der Waals surface area (Å²) in [5, 5.41) is 18.1. The van der Waals surface area contributed by atoms with Crippen LogP contribution in [0.1, 0.15) is 51.5 Å². The minimum Gasteiger partial charge on any atom is -0.384 e. The highest BCUT2D eigenvalue weighted by atomic mass is 16.3. The Balaban J connectivity index is 1.77. The van der Waals surface area contributed by atoms with E-state index in [2.05, 4.69) is 17.3 Å². The van der Waals surface area contributed by atoms with Gasteiger partial charge in [0.25, 0.3) is 0 Å². The summed E-state index contributed by atoms with van der Waals surface area (Å²) in [7, 11) is 1.87. The van der Waals surface area contributed by atoms with Crippen LogP contribution in [-0.2, 0) is 12.6 Å². The van der Waals surface area contributed by atoms with Gasteiger partial charge in [-0.2, -0.15) is 5.10 Å². The van der Waals surface area contributed by atoms with Crippen LogP contribution in [0.3, 0.4) is 0 Å². The van der Waals surface area contributed by atoms with Crippen LogP contribution in [0.2, 0.25) is 0 Å². The zero-order valence-corrected chi connectivity index (χ0v) is 13.1. The molecule has 114 valence electrons. The van der Waals surface area contributed by atoms with Gasteiger partial charge in [-0.05, 0) is 38.1 Å². The zero-order valence-electron chi connectivity index (χ0n) is 13.1. The van der Waals surface area contributed by atoms with Crippen molar-refractivity contribution in [3.63, 3.8) is 0 Å². The molecule has 1 aliphatic carbocycles. The van der Waals surface area contributed by atoms with Gasteiger partial charge < -0.3 is 10.4 Å². The Hall–Kier alpha value is -0.870. The van der Waals surface area contributed by atoms with Crippen LogP contribution in [0.15, 0.2) is 12.4 Å². The van der Waals surface area contributed by atoms with Gasteiger partial charge in [0.1, 0.15) is 5.60 Å². The third kappa shape index (κ3) is 4.06. The molecule has 0 radical (unpaired) electrons. The summed E-state index contributed by atoms with van der Waals surface area (Å²) in [4.78, 5) is 0. The normalized spacial score (nSPS) is 26.4. The maximum Gasteiger partial charge on any atom is 0.102 e. The first-order valence-electron chi connectivity index (χ1n) is 7.93. The van der Waals surface area contributed by atoms with Crippen LogP contribution in [0.4, 0.5) is 0 Å². The molecule has 1 heterocycles. The van der Waals surface area contributed by atoms with Crippen LogP contribution < -0.4 is 5.32 Å². The third-order valence-electron chi connectivity index (χ3n) is 4.70. The smallest absolute Gasteiger partial charge is 0.102 e. The lowest BCUT2D eigenvalue weighted by Crippen LogP contribution is -2.38. The van der Waals surface area contributed by atoms with Gasteiger partial charge in [0.2, 0.25) is 0 Å². The van der Waals surface area contributed by atoms with E-state index in [9.17, 15) is 5.11 Å². The summed E-state index contributed by atoms with van der Waals surface area (Å²) in [5.41, 5.74) is 0.0372. The molecule has 1 fully saturated rings. The van der Waals surface area contributed by atoms with E-state index in [1.165, 1.54) is 32.1 Å². The number of aliphatic hydroxyl groups is 1. The Labute approximate surface area is 122 Å². The van der Waals surface area contributed by atoms with Crippen molar-refractivity contribution in [3.8, 4) is 0 Å². The minimum atomic E-state index is -0.840. The number of rotatable bonds is 6. The molecule has 1 aliphatic rings. The van der Waals surface area contributed by atoms with Crippen molar-refractivity contribution >= 4 is 0 Å². The van der Waals surface area contributed by atoms with E-state index in [0.717, 1.165) is 23.9 Å². The molecule has 3 atom stereocenters. The molecule has 0 unspecified atom stereocenters. The topological polar surface area (TPSA) is 50.1 Å². The highest BCUT2D eigenvalue weighted by Crippen LogP contribution is 2.30. The standard InChI is InChI=1S/C16H29N3O/c1-4-13-6-5-7-14(8-13)9-17-12-16(2,20)15-10-18-19(3)11-15/h10-11,13-14,17,20H,4-9,12H2,1-3H3/t13-,14+,16-/m1/s1. The summed E-state index contributed by atoms with van der Waals surface area (Å²) in [5.74, 6) is 1.69. The van der Waals surface area contributed by atoms with E-state index in [1.807, 2.05) is 20.2 Å². The maximum atomic E-state index is 10.5. The molecule has 4 heteroatoms. The van der Waals surface area contributed by atoms with Crippen LogP contribution in [-0.4, -0.2) is 28.0 Å². The molecule has 0 saturated heterocycles. The third-order valence-corrected chi connectivity index (χ3v) is 4.70. The van der Waals surface area contributed by atoms with Gasteiger partial charge >= 0.3 is 0 Å². The predicted octanol–water partition coefficient (Wildman–Crippen LogP) is 2.43. The summed E-state index contributed by atoms with van der Waals surface area (Å²) >= 11 is 0. The van der Waals surface area contributed by atoms with Crippen molar-refractivity contribution in [3.05, 3.63) is 18.0 Å². The second-order valence-corrected chi connectivity index (χ2v) is 6.61. The fraction of sp³-hybridized carbons (Fsp3) is 0.812. The average molecular weight is 279 g/mol. The van der Waals surface area contributed by atoms with E-state index >= 15 is 0 Å². The second kappa shape index (κ2) is 6.72. The van der Waals surface area contributed by atoms with Crippen molar-refractivity contribution in [2.24, 2.45) is 18.9 Å². The van der Waals surface area contributed by atoms with Crippen molar-refractivity contribution in [2.45, 2.75) is 51.6 Å². The largest absolute Gasteiger partial charge is 0.384 e. The van der Waals surface area contributed by atoms with E-state index in [-0.39, 0.29) is 0 Å². The zero-order chi connectivity index (χ0) is 14.6. The van der Waals surface area contributed by atoms with Gasteiger partial charge in [0.05, 0.1) is 6.20 Å². The van der Waals surface area contributed by atoms with Crippen LogP contribution in [0.25, 0.3) is 0 Å². The van der Waals surface area contributed by atoms with Crippen LogP contribution >= 0.6 is 0 Å². The highest BCUT2D eigenvalue weighted by Gasteiger charge is 2.26. The molecule has 4 nitrogen and oxygen atoms in total. The van der Waals surface area contributed by atoms with E-state index in [0.29, 0.717) is 6.54 Å². The number of hydrogen-bond donors (Lipinski definition) is 2. The molecular formula is C16H29N3O. The Morgan fingerprint density at radius 1 is 1.45 bits per heavy atom. The summed E-state index contributed by atoms with van der Waals surface area (Å²) in [6.45, 7) is 5.76. The number of nitrogens with zero attached hydrogens (tertiary/aromatic N) is 2. The molecular weight excluding hydrogens is 250 g/mol. The highest BCUT2D eigenvalue weighted by molar-refractivity contribution is 5.14. The molecule has 1 aromatic rings. The number of hydrogen-bond acceptors (Lipinski definition) is 3. The molecule has 2 N–H and O–H groups in total. The van der Waals surface area contributed by atoms with Crippen molar-refractivity contribution < 1.29 is 5.11 Å². The quantitative estimate of drug-likeness (QED) is 0.841. The van der Waals surface area contributed by atoms with Crippen molar-refractivity contribution in [1.82, 2.24) is 15.1 Å². The first-order chi connectivity index (χ1) is 9.51. The summed E-state index contributed by atoms with van der Waals surface area (Å²) in [6.07, 6.45) is 10.4. The first kappa shape index (κ1) is 15.5. The fourth-order valence-electron chi connectivity index (χ4n) is 3.28. The molecule has 0 spiro atoms. The van der Waals surface area contributed by atoms with Crippen molar-refractivity contribution in [1.29, 1.82) is 0 Å². The van der Waals surface area contributed by atoms with Gasteiger partial charge in [0, 0.05) is 25.4 Å². The first-order valence-corrected chi connectivity index (χ1v) is 7.93. The Morgan fingerprint density at radius 3 is 2.85 bits per heavy atom. The van der Waals surface area contributed by atoms with Crippen molar-refractivity contribution in [2.75, 3.05) is 13.1 Å². The fourth-order valence-corrected chi connectivity index (χ4v) is 3.28. The molecule has 0 bridgehead atoms. The maximum absolute atomic E-state index is 10.5. The van der Waals surface area contributed by atoms with Gasteiger partial charge in [-0.25, -0.2) is 0 Å². The van der Waals surface area contributed by atoms with Crippen LogP contribution in [0, 0.1) is 11.8 Å². The lowest BCUT2D eigenvalue weighted by atomic mass is 9.80. The molecule has 1 saturated carbocycles. The summed E-state index contributed by atoms with van der Waals surface area (Å²) in [6, 6.07) is 0. The Bertz CT molecular complexity index is 414. The number of nitrogens with one attached hydrogen (secondary N) is 1. The minimum absolute atomic E-state index is 0.589. The van der Waals surface area contributed by atoms with Gasteiger partial charge in [-0.3, -0.25) is 4.68 Å². The lowest BCUT2D eigenvalue weighted by Gasteiger charge is -2.30. The lowest BCUT2D eigenvalue weighted by molar-refractivity contribution is 0.0549. The van der Waals surface area contributed by atoms with E-state index in [1.54, 1.807) is 10.9 Å². The van der Waals surface area contributed by atoms with Gasteiger partial charge in [-0.15, -0.1) is 0 Å². The Morgan fingerprint density at radius 2 is 2.20 bits per heavy atom. The monoisotopic (exact) mass is 279 g/mol. The van der Waals surface area contributed by atoms with E-state index < -0.39 is 5.60 Å². The molecule has 1 aromatic heterocycles. The molecule has 0 aliphatic heterocycles. The summed E-state index contributed by atoms with van der Waals surface area (Å²) < 4.78 is 1.73. The molecule has 2 rings (SSSR count). The number of aryl methyl sites for hydroxylation is 1. The SMILES string of the molecule is CC[C@@H]1CCC[C@H](CNC[C@@](C)(O)c2cnn(C)c2)C1. The molecule has 0 aromatic carbocycles. The number of aromatic nitrogens is 2. The van der Waals surface area contributed by atoms with Gasteiger partial charge in [0.15, 0.2) is 0 Å². The van der Waals surface area contributed by atoms with E-state index in [4.69, 9.17) is 0 Å². The molecule has 0 amide bonds. The second-order valence-electron chi connectivity index (χ2n) is 6.61. The Kier molecular flexibility index (Phi) is 5.22. The van der Waals surface area contributed by atoms with Crippen LogP contribution in [0.5, 0.6) is 0 Å². The molecule has 20 heavy (non-hydrogen) atoms. The van der Waals surface area contributed by atoms with Gasteiger partial charge in [-0.1, -0.05) is 26.2 Å².